The van der Waals surface area contributed by atoms with E-state index in [1.54, 1.807) is 6.20 Å². The molecule has 1 aromatic rings. The van der Waals surface area contributed by atoms with Gasteiger partial charge >= 0.3 is 0 Å². The fourth-order valence-electron chi connectivity index (χ4n) is 1.06. The molecule has 66 valence electrons. The van der Waals surface area contributed by atoms with E-state index in [-0.39, 0.29) is 5.78 Å². The summed E-state index contributed by atoms with van der Waals surface area (Å²) < 4.78 is 0. The van der Waals surface area contributed by atoms with Crippen molar-refractivity contribution in [2.24, 2.45) is 5.92 Å². The molecule has 0 saturated carbocycles. The van der Waals surface area contributed by atoms with Gasteiger partial charge in [-0.1, -0.05) is 13.8 Å². The van der Waals surface area contributed by atoms with Gasteiger partial charge in [0.2, 0.25) is 0 Å². The molecular formula is C10H15NO. The van der Waals surface area contributed by atoms with Crippen molar-refractivity contribution in [2.45, 2.75) is 26.7 Å². The molecule has 0 aromatic carbocycles. The van der Waals surface area contributed by atoms with Crippen molar-refractivity contribution in [2.75, 3.05) is 0 Å². The van der Waals surface area contributed by atoms with Crippen LogP contribution in [0.1, 0.15) is 37.2 Å². The van der Waals surface area contributed by atoms with E-state index in [2.05, 4.69) is 18.8 Å². The summed E-state index contributed by atoms with van der Waals surface area (Å²) in [7, 11) is 0. The smallest absolute Gasteiger partial charge is 0.179 e. The largest absolute Gasteiger partial charge is 0.359 e. The molecule has 0 bridgehead atoms. The minimum absolute atomic E-state index is 0.216. The summed E-state index contributed by atoms with van der Waals surface area (Å²) in [5, 5.41) is 0. The molecular weight excluding hydrogens is 150 g/mol. The van der Waals surface area contributed by atoms with Gasteiger partial charge in [-0.25, -0.2) is 0 Å². The van der Waals surface area contributed by atoms with Crippen LogP contribution in [0.25, 0.3) is 0 Å². The summed E-state index contributed by atoms with van der Waals surface area (Å²) in [6, 6.07) is 3.67. The molecule has 0 aliphatic rings. The first kappa shape index (κ1) is 9.04. The van der Waals surface area contributed by atoms with Crippen LogP contribution in [0.2, 0.25) is 0 Å². The maximum atomic E-state index is 11.4. The number of H-pyrrole nitrogens is 1. The van der Waals surface area contributed by atoms with Crippen LogP contribution in [0, 0.1) is 5.92 Å². The second-order valence-electron chi connectivity index (χ2n) is 3.44. The minimum Gasteiger partial charge on any atom is -0.359 e. The average molecular weight is 165 g/mol. The Hall–Kier alpha value is -1.05. The van der Waals surface area contributed by atoms with E-state index in [0.717, 1.165) is 12.1 Å². The van der Waals surface area contributed by atoms with E-state index in [0.29, 0.717) is 12.3 Å². The number of hydrogen-bond acceptors (Lipinski definition) is 1. The van der Waals surface area contributed by atoms with Crippen molar-refractivity contribution in [1.29, 1.82) is 0 Å². The van der Waals surface area contributed by atoms with Crippen LogP contribution in [0.3, 0.4) is 0 Å². The quantitative estimate of drug-likeness (QED) is 0.683. The van der Waals surface area contributed by atoms with Crippen molar-refractivity contribution < 1.29 is 4.79 Å². The Bertz CT molecular complexity index is 236. The summed E-state index contributed by atoms with van der Waals surface area (Å²) in [5.41, 5.74) is 0.732. The Morgan fingerprint density at radius 3 is 2.83 bits per heavy atom. The lowest BCUT2D eigenvalue weighted by atomic mass is 10.0. The maximum absolute atomic E-state index is 11.4. The molecule has 2 nitrogen and oxygen atoms in total. The molecule has 0 amide bonds. The van der Waals surface area contributed by atoms with Crippen LogP contribution < -0.4 is 0 Å². The van der Waals surface area contributed by atoms with E-state index in [1.807, 2.05) is 12.1 Å². The summed E-state index contributed by atoms with van der Waals surface area (Å²) in [6.07, 6.45) is 3.40. The normalized spacial score (nSPS) is 10.6. The van der Waals surface area contributed by atoms with Crippen LogP contribution >= 0.6 is 0 Å². The predicted octanol–water partition coefficient (Wildman–Crippen LogP) is 2.63. The van der Waals surface area contributed by atoms with Crippen molar-refractivity contribution in [3.05, 3.63) is 24.0 Å². The number of carbonyl (C=O) groups is 1. The van der Waals surface area contributed by atoms with E-state index in [1.165, 1.54) is 0 Å². The van der Waals surface area contributed by atoms with Crippen LogP contribution in [-0.4, -0.2) is 10.8 Å². The standard InChI is InChI=1S/C10H15NO/c1-8(2)5-6-10(12)9-4-3-7-11-9/h3-4,7-8,11H,5-6H2,1-2H3. The third-order valence-corrected chi connectivity index (χ3v) is 1.85. The van der Waals surface area contributed by atoms with Crippen molar-refractivity contribution in [3.63, 3.8) is 0 Å². The highest BCUT2D eigenvalue weighted by atomic mass is 16.1. The van der Waals surface area contributed by atoms with E-state index in [4.69, 9.17) is 0 Å². The number of carbonyl (C=O) groups excluding carboxylic acids is 1. The SMILES string of the molecule is CC(C)CCC(=O)c1ccc[nH]1. The fourth-order valence-corrected chi connectivity index (χ4v) is 1.06. The third kappa shape index (κ3) is 2.53. The van der Waals surface area contributed by atoms with Gasteiger partial charge in [0.1, 0.15) is 0 Å². The highest BCUT2D eigenvalue weighted by Crippen LogP contribution is 2.08. The van der Waals surface area contributed by atoms with Gasteiger partial charge in [0.25, 0.3) is 0 Å². The molecule has 2 heteroatoms. The van der Waals surface area contributed by atoms with E-state index < -0.39 is 0 Å². The van der Waals surface area contributed by atoms with Crippen molar-refractivity contribution in [1.82, 2.24) is 4.98 Å². The number of nitrogens with one attached hydrogen (secondary N) is 1. The van der Waals surface area contributed by atoms with Gasteiger partial charge in [-0.3, -0.25) is 4.79 Å². The lowest BCUT2D eigenvalue weighted by Crippen LogP contribution is -2.01. The molecule has 0 aliphatic carbocycles. The summed E-state index contributed by atoms with van der Waals surface area (Å²) in [4.78, 5) is 14.3. The molecule has 0 radical (unpaired) electrons. The first-order chi connectivity index (χ1) is 5.70. The Morgan fingerprint density at radius 1 is 1.58 bits per heavy atom. The molecule has 1 rings (SSSR count). The molecule has 1 aromatic heterocycles. The summed E-state index contributed by atoms with van der Waals surface area (Å²) >= 11 is 0. The lowest BCUT2D eigenvalue weighted by Gasteiger charge is -2.01. The zero-order valence-corrected chi connectivity index (χ0v) is 7.63. The average Bonchev–Trinajstić information content (AvgIpc) is 2.51. The maximum Gasteiger partial charge on any atom is 0.179 e. The predicted molar refractivity (Wildman–Crippen MR) is 49.2 cm³/mol. The molecule has 0 saturated heterocycles. The van der Waals surface area contributed by atoms with Gasteiger partial charge in [-0.15, -0.1) is 0 Å². The van der Waals surface area contributed by atoms with Gasteiger partial charge in [-0.2, -0.15) is 0 Å². The van der Waals surface area contributed by atoms with Crippen molar-refractivity contribution in [3.8, 4) is 0 Å². The van der Waals surface area contributed by atoms with Gasteiger partial charge in [0.15, 0.2) is 5.78 Å². The van der Waals surface area contributed by atoms with Gasteiger partial charge in [0.05, 0.1) is 5.69 Å². The Balaban J connectivity index is 2.40. The number of ketones is 1. The molecule has 1 heterocycles. The van der Waals surface area contributed by atoms with Gasteiger partial charge in [-0.05, 0) is 24.5 Å². The van der Waals surface area contributed by atoms with Crippen LogP contribution in [-0.2, 0) is 0 Å². The Kier molecular flexibility index (Phi) is 3.09. The van der Waals surface area contributed by atoms with Crippen molar-refractivity contribution >= 4 is 5.78 Å². The molecule has 0 fully saturated rings. The Labute approximate surface area is 73.0 Å². The molecule has 0 aliphatic heterocycles. The molecule has 12 heavy (non-hydrogen) atoms. The summed E-state index contributed by atoms with van der Waals surface area (Å²) in [5.74, 6) is 0.817. The second kappa shape index (κ2) is 4.10. The Morgan fingerprint density at radius 2 is 2.33 bits per heavy atom. The lowest BCUT2D eigenvalue weighted by molar-refractivity contribution is 0.0971. The molecule has 0 spiro atoms. The second-order valence-corrected chi connectivity index (χ2v) is 3.44. The van der Waals surface area contributed by atoms with Gasteiger partial charge in [0, 0.05) is 12.6 Å². The molecule has 0 unspecified atom stereocenters. The number of aromatic nitrogens is 1. The third-order valence-electron chi connectivity index (χ3n) is 1.85. The van der Waals surface area contributed by atoms with E-state index in [9.17, 15) is 4.79 Å². The molecule has 0 atom stereocenters. The van der Waals surface area contributed by atoms with Crippen LogP contribution in [0.4, 0.5) is 0 Å². The first-order valence-corrected chi connectivity index (χ1v) is 4.36. The number of Topliss-reactive ketones (excluding diaryl/α,β-unsaturated/α-hetero) is 1. The summed E-state index contributed by atoms with van der Waals surface area (Å²) in [6.45, 7) is 4.25. The van der Waals surface area contributed by atoms with Gasteiger partial charge < -0.3 is 4.98 Å². The zero-order chi connectivity index (χ0) is 8.97. The van der Waals surface area contributed by atoms with E-state index >= 15 is 0 Å². The fraction of sp³-hybridized carbons (Fsp3) is 0.500. The van der Waals surface area contributed by atoms with Crippen LogP contribution in [0.15, 0.2) is 18.3 Å². The number of hydrogen-bond donors (Lipinski definition) is 1. The number of aromatic amines is 1. The first-order valence-electron chi connectivity index (χ1n) is 4.36. The topological polar surface area (TPSA) is 32.9 Å². The van der Waals surface area contributed by atoms with Crippen LogP contribution in [0.5, 0.6) is 0 Å². The highest BCUT2D eigenvalue weighted by Gasteiger charge is 2.06. The highest BCUT2D eigenvalue weighted by molar-refractivity contribution is 5.94. The molecule has 1 N–H and O–H groups in total. The monoisotopic (exact) mass is 165 g/mol. The minimum atomic E-state index is 0.216. The zero-order valence-electron chi connectivity index (χ0n) is 7.63. The number of rotatable bonds is 4.